The summed E-state index contributed by atoms with van der Waals surface area (Å²) in [6, 6.07) is 0. The molecule has 0 aromatic heterocycles. The Morgan fingerprint density at radius 3 is 3.00 bits per heavy atom. The van der Waals surface area contributed by atoms with E-state index in [1.807, 2.05) is 6.92 Å². The van der Waals surface area contributed by atoms with E-state index in [1.54, 1.807) is 11.8 Å². The van der Waals surface area contributed by atoms with Gasteiger partial charge in [-0.1, -0.05) is 0 Å². The predicted octanol–water partition coefficient (Wildman–Crippen LogP) is 1.64. The van der Waals surface area contributed by atoms with Crippen LogP contribution in [-0.4, -0.2) is 23.1 Å². The van der Waals surface area contributed by atoms with Crippen molar-refractivity contribution in [2.24, 2.45) is 4.99 Å². The van der Waals surface area contributed by atoms with Gasteiger partial charge in [-0.05, 0) is 6.92 Å². The van der Waals surface area contributed by atoms with E-state index >= 15 is 0 Å². The molecule has 0 bridgehead atoms. The summed E-state index contributed by atoms with van der Waals surface area (Å²) in [5, 5.41) is 0. The summed E-state index contributed by atoms with van der Waals surface area (Å²) in [5.41, 5.74) is 0. The van der Waals surface area contributed by atoms with E-state index in [2.05, 4.69) is 4.99 Å². The number of hydrogen-bond donors (Lipinski definition) is 0. The monoisotopic (exact) mass is 165 g/mol. The van der Waals surface area contributed by atoms with E-state index in [-0.39, 0.29) is 4.71 Å². The summed E-state index contributed by atoms with van der Waals surface area (Å²) < 4.78 is 0.104. The smallest absolute Gasteiger partial charge is 0.211 e. The first-order valence-electron chi connectivity index (χ1n) is 2.56. The minimum absolute atomic E-state index is 0.104. The minimum atomic E-state index is 0.104. The van der Waals surface area contributed by atoms with Crippen LogP contribution in [0.2, 0.25) is 0 Å². The molecular formula is C5H8ClNOS. The molecule has 0 aliphatic rings. The van der Waals surface area contributed by atoms with Gasteiger partial charge < -0.3 is 0 Å². The number of isocyanates is 1. The van der Waals surface area contributed by atoms with Gasteiger partial charge >= 0.3 is 0 Å². The van der Waals surface area contributed by atoms with Gasteiger partial charge in [-0.2, -0.15) is 0 Å². The average Bonchev–Trinajstić information content (AvgIpc) is 1.80. The third-order valence-electron chi connectivity index (χ3n) is 0.615. The van der Waals surface area contributed by atoms with Gasteiger partial charge in [0.15, 0.2) is 0 Å². The van der Waals surface area contributed by atoms with E-state index in [0.717, 1.165) is 5.75 Å². The average molecular weight is 166 g/mol. The molecule has 1 unspecified atom stereocenters. The largest absolute Gasteiger partial charge is 0.234 e. The summed E-state index contributed by atoms with van der Waals surface area (Å²) >= 11 is 7.14. The highest BCUT2D eigenvalue weighted by Gasteiger charge is 1.93. The zero-order valence-electron chi connectivity index (χ0n) is 5.13. The van der Waals surface area contributed by atoms with Gasteiger partial charge in [-0.25, -0.2) is 9.79 Å². The molecule has 0 saturated carbocycles. The standard InChI is InChI=1S/C5H8ClNOS/c1-5(6)9-3-2-7-4-8/h5H,2-3H2,1H3. The minimum Gasteiger partial charge on any atom is -0.211 e. The molecule has 2 nitrogen and oxygen atoms in total. The molecule has 0 saturated heterocycles. The van der Waals surface area contributed by atoms with Gasteiger partial charge in [-0.3, -0.25) is 0 Å². The van der Waals surface area contributed by atoms with Gasteiger partial charge in [0.2, 0.25) is 6.08 Å². The number of hydrogen-bond acceptors (Lipinski definition) is 3. The summed E-state index contributed by atoms with van der Waals surface area (Å²) in [4.78, 5) is 12.9. The summed E-state index contributed by atoms with van der Waals surface area (Å²) in [5.74, 6) is 0.792. The molecule has 0 fully saturated rings. The van der Waals surface area contributed by atoms with Gasteiger partial charge in [0.25, 0.3) is 0 Å². The molecule has 0 rings (SSSR count). The molecule has 4 heteroatoms. The molecule has 0 N–H and O–H groups in total. The van der Waals surface area contributed by atoms with Crippen molar-refractivity contribution in [2.45, 2.75) is 11.6 Å². The molecule has 0 aliphatic carbocycles. The maximum atomic E-state index is 9.52. The Labute approximate surface area is 63.7 Å². The van der Waals surface area contributed by atoms with Gasteiger partial charge in [0.05, 0.1) is 11.3 Å². The van der Waals surface area contributed by atoms with E-state index in [4.69, 9.17) is 11.6 Å². The van der Waals surface area contributed by atoms with Crippen LogP contribution in [0.4, 0.5) is 0 Å². The Bertz CT molecular complexity index is 112. The van der Waals surface area contributed by atoms with E-state index in [9.17, 15) is 4.79 Å². The quantitative estimate of drug-likeness (QED) is 0.274. The Morgan fingerprint density at radius 1 is 1.89 bits per heavy atom. The molecule has 9 heavy (non-hydrogen) atoms. The van der Waals surface area contributed by atoms with E-state index in [1.165, 1.54) is 6.08 Å². The Balaban J connectivity index is 3.00. The van der Waals surface area contributed by atoms with Gasteiger partial charge in [0.1, 0.15) is 0 Å². The third kappa shape index (κ3) is 8.02. The fraction of sp³-hybridized carbons (Fsp3) is 0.800. The van der Waals surface area contributed by atoms with Crippen molar-refractivity contribution in [3.05, 3.63) is 0 Å². The van der Waals surface area contributed by atoms with Crippen LogP contribution in [0.25, 0.3) is 0 Å². The van der Waals surface area contributed by atoms with Crippen LogP contribution >= 0.6 is 23.4 Å². The van der Waals surface area contributed by atoms with Crippen LogP contribution in [-0.2, 0) is 4.79 Å². The van der Waals surface area contributed by atoms with E-state index < -0.39 is 0 Å². The highest BCUT2D eigenvalue weighted by atomic mass is 35.5. The third-order valence-corrected chi connectivity index (χ3v) is 1.87. The van der Waals surface area contributed by atoms with Crippen molar-refractivity contribution < 1.29 is 4.79 Å². The Kier molecular flexibility index (Phi) is 6.16. The predicted molar refractivity (Wildman–Crippen MR) is 40.8 cm³/mol. The number of halogens is 1. The number of thioether (sulfide) groups is 1. The Hall–Kier alpha value is 0.0200. The lowest BCUT2D eigenvalue weighted by molar-refractivity contribution is 0.563. The second-order valence-electron chi connectivity index (χ2n) is 1.39. The number of aliphatic imine (C=N–C) groups is 1. The van der Waals surface area contributed by atoms with Crippen molar-refractivity contribution in [1.29, 1.82) is 0 Å². The van der Waals surface area contributed by atoms with Crippen LogP contribution in [0, 0.1) is 0 Å². The maximum absolute atomic E-state index is 9.52. The van der Waals surface area contributed by atoms with Gasteiger partial charge in [0, 0.05) is 5.75 Å². The highest BCUT2D eigenvalue weighted by molar-refractivity contribution is 8.01. The second kappa shape index (κ2) is 6.14. The van der Waals surface area contributed by atoms with Crippen molar-refractivity contribution in [3.63, 3.8) is 0 Å². The van der Waals surface area contributed by atoms with Crippen molar-refractivity contribution >= 4 is 29.4 Å². The fourth-order valence-corrected chi connectivity index (χ4v) is 1.10. The number of nitrogens with zero attached hydrogens (tertiary/aromatic N) is 1. The fourth-order valence-electron chi connectivity index (χ4n) is 0.306. The molecule has 0 aromatic carbocycles. The zero-order chi connectivity index (χ0) is 7.11. The first-order chi connectivity index (χ1) is 4.27. The first-order valence-corrected chi connectivity index (χ1v) is 4.05. The molecule has 0 amide bonds. The molecule has 0 spiro atoms. The van der Waals surface area contributed by atoms with Crippen LogP contribution < -0.4 is 0 Å². The lowest BCUT2D eigenvalue weighted by Crippen LogP contribution is -1.89. The Morgan fingerprint density at radius 2 is 2.56 bits per heavy atom. The summed E-state index contributed by atoms with van der Waals surface area (Å²) in [7, 11) is 0. The summed E-state index contributed by atoms with van der Waals surface area (Å²) in [6.45, 7) is 2.40. The molecule has 0 radical (unpaired) electrons. The number of carbonyl (C=O) groups excluding carboxylic acids is 1. The second-order valence-corrected chi connectivity index (χ2v) is 3.75. The van der Waals surface area contributed by atoms with Crippen LogP contribution in [0.5, 0.6) is 0 Å². The first kappa shape index (κ1) is 9.02. The van der Waals surface area contributed by atoms with Crippen molar-refractivity contribution in [2.75, 3.05) is 12.3 Å². The normalized spacial score (nSPS) is 12.2. The van der Waals surface area contributed by atoms with Crippen molar-refractivity contribution in [3.8, 4) is 0 Å². The number of alkyl halides is 1. The van der Waals surface area contributed by atoms with Crippen LogP contribution in [0.15, 0.2) is 4.99 Å². The highest BCUT2D eigenvalue weighted by Crippen LogP contribution is 2.12. The molecule has 0 heterocycles. The molecule has 1 atom stereocenters. The molecule has 52 valence electrons. The van der Waals surface area contributed by atoms with Crippen molar-refractivity contribution in [1.82, 2.24) is 0 Å². The van der Waals surface area contributed by atoms with E-state index in [0.29, 0.717) is 6.54 Å². The van der Waals surface area contributed by atoms with Crippen LogP contribution in [0.1, 0.15) is 6.92 Å². The summed E-state index contributed by atoms with van der Waals surface area (Å²) in [6.07, 6.45) is 1.46. The zero-order valence-corrected chi connectivity index (χ0v) is 6.71. The molecule has 0 aromatic rings. The maximum Gasteiger partial charge on any atom is 0.234 e. The lowest BCUT2D eigenvalue weighted by atomic mass is 10.8. The van der Waals surface area contributed by atoms with Gasteiger partial charge in [-0.15, -0.1) is 23.4 Å². The lowest BCUT2D eigenvalue weighted by Gasteiger charge is -1.96. The molecule has 0 aliphatic heterocycles. The number of rotatable bonds is 4. The SMILES string of the molecule is CC(Cl)SCCN=C=O. The van der Waals surface area contributed by atoms with Crippen LogP contribution in [0.3, 0.4) is 0 Å². The topological polar surface area (TPSA) is 29.4 Å². The molecular weight excluding hydrogens is 158 g/mol.